The minimum absolute atomic E-state index is 0.122. The minimum Gasteiger partial charge on any atom is -0.493 e. The minimum atomic E-state index is -1.15. The van der Waals surface area contributed by atoms with Crippen molar-refractivity contribution in [3.63, 3.8) is 0 Å². The summed E-state index contributed by atoms with van der Waals surface area (Å²) in [6, 6.07) is 3.10. The van der Waals surface area contributed by atoms with Crippen molar-refractivity contribution in [1.82, 2.24) is 4.90 Å². The van der Waals surface area contributed by atoms with Crippen LogP contribution in [0.5, 0.6) is 11.5 Å². The summed E-state index contributed by atoms with van der Waals surface area (Å²) >= 11 is 3.95. The van der Waals surface area contributed by atoms with Gasteiger partial charge < -0.3 is 19.3 Å². The van der Waals surface area contributed by atoms with Crippen molar-refractivity contribution in [2.75, 3.05) is 27.4 Å². The molecule has 1 N–H and O–H groups in total. The number of halogens is 1. The second kappa shape index (κ2) is 8.91. The van der Waals surface area contributed by atoms with E-state index in [9.17, 15) is 19.2 Å². The van der Waals surface area contributed by atoms with E-state index in [2.05, 4.69) is 20.7 Å². The maximum absolute atomic E-state index is 12.3. The molecule has 1 heterocycles. The number of amides is 2. The van der Waals surface area contributed by atoms with Crippen LogP contribution in [0.2, 0.25) is 0 Å². The van der Waals surface area contributed by atoms with E-state index in [1.54, 1.807) is 6.07 Å². The first-order chi connectivity index (χ1) is 12.8. The first kappa shape index (κ1) is 20.8. The van der Waals surface area contributed by atoms with Gasteiger partial charge in [0.2, 0.25) is 0 Å². The fourth-order valence-corrected chi connectivity index (χ4v) is 3.49. The van der Waals surface area contributed by atoms with Gasteiger partial charge in [-0.05, 0) is 51.5 Å². The van der Waals surface area contributed by atoms with E-state index in [1.807, 2.05) is 0 Å². The number of esters is 1. The van der Waals surface area contributed by atoms with Crippen LogP contribution in [0.4, 0.5) is 4.79 Å². The van der Waals surface area contributed by atoms with Crippen molar-refractivity contribution in [3.05, 3.63) is 27.1 Å². The average Bonchev–Trinajstić information content (AvgIpc) is 2.87. The number of rotatable bonds is 7. The first-order valence-corrected chi connectivity index (χ1v) is 8.92. The van der Waals surface area contributed by atoms with Crippen LogP contribution in [0.1, 0.15) is 5.56 Å². The monoisotopic (exact) mass is 459 g/mol. The van der Waals surface area contributed by atoms with Gasteiger partial charge >= 0.3 is 11.9 Å². The van der Waals surface area contributed by atoms with E-state index in [4.69, 9.17) is 14.6 Å². The molecule has 1 aromatic carbocycles. The summed E-state index contributed by atoms with van der Waals surface area (Å²) in [5.74, 6) is -2.03. The predicted octanol–water partition coefficient (Wildman–Crippen LogP) is 2.13. The summed E-state index contributed by atoms with van der Waals surface area (Å²) in [6.07, 6.45) is 1.45. The molecule has 0 aromatic heterocycles. The Bertz CT molecular complexity index is 838. The Hall–Kier alpha value is -2.53. The average molecular weight is 460 g/mol. The summed E-state index contributed by atoms with van der Waals surface area (Å²) in [7, 11) is 2.54. The Labute approximate surface area is 166 Å². The number of methoxy groups -OCH3 is 2. The Balaban J connectivity index is 2.29. The van der Waals surface area contributed by atoms with E-state index in [1.165, 1.54) is 19.3 Å². The molecule has 144 valence electrons. The summed E-state index contributed by atoms with van der Waals surface area (Å²) in [4.78, 5) is 47.2. The highest BCUT2D eigenvalue weighted by Crippen LogP contribution is 2.39. The summed E-state index contributed by atoms with van der Waals surface area (Å²) < 4.78 is 15.2. The molecule has 0 atom stereocenters. The number of ether oxygens (including phenoxy) is 3. The van der Waals surface area contributed by atoms with Gasteiger partial charge in [0.05, 0.1) is 23.6 Å². The summed E-state index contributed by atoms with van der Waals surface area (Å²) in [5, 5.41) is 8.15. The molecule has 0 aliphatic carbocycles. The Morgan fingerprint density at radius 1 is 1.30 bits per heavy atom. The summed E-state index contributed by atoms with van der Waals surface area (Å²) in [6.45, 7) is -1.02. The van der Waals surface area contributed by atoms with Crippen LogP contribution in [0, 0.1) is 0 Å². The van der Waals surface area contributed by atoms with Crippen LogP contribution in [-0.2, 0) is 19.1 Å². The molecule has 0 bridgehead atoms. The molecule has 1 saturated heterocycles. The highest BCUT2D eigenvalue weighted by Gasteiger charge is 2.36. The van der Waals surface area contributed by atoms with Crippen molar-refractivity contribution in [1.29, 1.82) is 0 Å². The molecule has 1 fully saturated rings. The molecule has 1 aromatic rings. The normalized spacial score (nSPS) is 15.2. The van der Waals surface area contributed by atoms with Gasteiger partial charge in [0.1, 0.15) is 6.54 Å². The molecular formula is C16H14BrNO8S. The van der Waals surface area contributed by atoms with Crippen molar-refractivity contribution in [2.45, 2.75) is 0 Å². The third kappa shape index (κ3) is 5.01. The fourth-order valence-electron chi connectivity index (χ4n) is 2.08. The lowest BCUT2D eigenvalue weighted by atomic mass is 10.2. The zero-order valence-corrected chi connectivity index (χ0v) is 16.6. The third-order valence-corrected chi connectivity index (χ3v) is 4.77. The van der Waals surface area contributed by atoms with E-state index in [-0.39, 0.29) is 16.4 Å². The number of thioether (sulfide) groups is 1. The van der Waals surface area contributed by atoms with Gasteiger partial charge in [-0.25, -0.2) is 4.79 Å². The zero-order valence-electron chi connectivity index (χ0n) is 14.2. The maximum atomic E-state index is 12.3. The molecule has 0 spiro atoms. The van der Waals surface area contributed by atoms with Crippen molar-refractivity contribution < 1.29 is 38.5 Å². The number of nitrogens with zero attached hydrogens (tertiary/aromatic N) is 1. The van der Waals surface area contributed by atoms with Crippen LogP contribution in [0.3, 0.4) is 0 Å². The molecular weight excluding hydrogens is 446 g/mol. The molecule has 11 heteroatoms. The van der Waals surface area contributed by atoms with Crippen molar-refractivity contribution >= 4 is 56.9 Å². The fraction of sp³-hybridized carbons (Fsp3) is 0.250. The van der Waals surface area contributed by atoms with Gasteiger partial charge in [0.15, 0.2) is 18.1 Å². The second-order valence-corrected chi connectivity index (χ2v) is 6.91. The highest BCUT2D eigenvalue weighted by atomic mass is 79.9. The lowest BCUT2D eigenvalue weighted by Crippen LogP contribution is -2.34. The number of hydrogen-bond acceptors (Lipinski definition) is 8. The SMILES string of the molecule is COC(=O)CN1C(=O)S/C(=C\c2cc(Br)c(OCC(=O)O)c(OC)c2)C1=O. The van der Waals surface area contributed by atoms with E-state index in [0.717, 1.165) is 12.0 Å². The van der Waals surface area contributed by atoms with E-state index >= 15 is 0 Å². The Morgan fingerprint density at radius 2 is 2.00 bits per heavy atom. The highest BCUT2D eigenvalue weighted by molar-refractivity contribution is 9.10. The number of hydrogen-bond donors (Lipinski definition) is 1. The van der Waals surface area contributed by atoms with Crippen LogP contribution < -0.4 is 9.47 Å². The van der Waals surface area contributed by atoms with Crippen LogP contribution in [0.15, 0.2) is 21.5 Å². The molecule has 0 saturated carbocycles. The maximum Gasteiger partial charge on any atom is 0.341 e. The van der Waals surface area contributed by atoms with Gasteiger partial charge in [-0.2, -0.15) is 0 Å². The molecule has 2 amide bonds. The molecule has 9 nitrogen and oxygen atoms in total. The standard InChI is InChI=1S/C16H14BrNO8S/c1-24-10-4-8(3-9(17)14(10)26-7-12(19)20)5-11-15(22)18(16(23)27-11)6-13(21)25-2/h3-5H,6-7H2,1-2H3,(H,19,20)/b11-5-. The van der Waals surface area contributed by atoms with Crippen molar-refractivity contribution in [2.24, 2.45) is 0 Å². The van der Waals surface area contributed by atoms with Gasteiger partial charge in [-0.15, -0.1) is 0 Å². The first-order valence-electron chi connectivity index (χ1n) is 7.31. The smallest absolute Gasteiger partial charge is 0.341 e. The molecule has 0 unspecified atom stereocenters. The predicted molar refractivity (Wildman–Crippen MR) is 98.5 cm³/mol. The molecule has 27 heavy (non-hydrogen) atoms. The topological polar surface area (TPSA) is 119 Å². The number of carboxylic acid groups (broad SMARTS) is 1. The van der Waals surface area contributed by atoms with Crippen molar-refractivity contribution in [3.8, 4) is 11.5 Å². The molecule has 1 aliphatic heterocycles. The number of carboxylic acids is 1. The molecule has 2 rings (SSSR count). The van der Waals surface area contributed by atoms with Gasteiger partial charge in [-0.3, -0.25) is 19.3 Å². The lowest BCUT2D eigenvalue weighted by Gasteiger charge is -2.12. The lowest BCUT2D eigenvalue weighted by molar-refractivity contribution is -0.143. The number of aliphatic carboxylic acids is 1. The Morgan fingerprint density at radius 3 is 2.59 bits per heavy atom. The number of carbonyl (C=O) groups excluding carboxylic acids is 3. The van der Waals surface area contributed by atoms with E-state index < -0.39 is 36.2 Å². The van der Waals surface area contributed by atoms with Crippen LogP contribution in [-0.4, -0.2) is 60.5 Å². The zero-order chi connectivity index (χ0) is 20.1. The number of carbonyl (C=O) groups is 4. The number of imide groups is 1. The molecule has 0 radical (unpaired) electrons. The third-order valence-electron chi connectivity index (χ3n) is 3.28. The number of benzene rings is 1. The Kier molecular flexibility index (Phi) is 6.86. The van der Waals surface area contributed by atoms with E-state index in [0.29, 0.717) is 21.8 Å². The van der Waals surface area contributed by atoms with Crippen LogP contribution in [0.25, 0.3) is 6.08 Å². The molecule has 1 aliphatic rings. The van der Waals surface area contributed by atoms with Gasteiger partial charge in [0, 0.05) is 0 Å². The van der Waals surface area contributed by atoms with Gasteiger partial charge in [-0.1, -0.05) is 0 Å². The van der Waals surface area contributed by atoms with Gasteiger partial charge in [0.25, 0.3) is 11.1 Å². The quantitative estimate of drug-likeness (QED) is 0.482. The van der Waals surface area contributed by atoms with Crippen LogP contribution >= 0.6 is 27.7 Å². The summed E-state index contributed by atoms with van der Waals surface area (Å²) in [5.41, 5.74) is 0.505. The second-order valence-electron chi connectivity index (χ2n) is 5.06. The largest absolute Gasteiger partial charge is 0.493 e.